The Hall–Kier alpha value is -2.98. The van der Waals surface area contributed by atoms with Gasteiger partial charge in [0.1, 0.15) is 5.78 Å². The average molecular weight is 379 g/mol. The summed E-state index contributed by atoms with van der Waals surface area (Å²) in [6.07, 6.45) is 3.06. The normalized spacial score (nSPS) is 10.4. The highest BCUT2D eigenvalue weighted by Crippen LogP contribution is 2.14. The summed E-state index contributed by atoms with van der Waals surface area (Å²) < 4.78 is 0. The van der Waals surface area contributed by atoms with Crippen LogP contribution in [0.4, 0.5) is 5.69 Å². The number of aryl methyl sites for hydroxylation is 1. The number of rotatable bonds is 7. The Bertz CT molecular complexity index is 925. The van der Waals surface area contributed by atoms with Gasteiger partial charge in [-0.3, -0.25) is 14.6 Å². The molecule has 1 heterocycles. The van der Waals surface area contributed by atoms with Crippen LogP contribution in [0.15, 0.2) is 72.9 Å². The van der Waals surface area contributed by atoms with E-state index >= 15 is 0 Å². The third-order valence-corrected chi connectivity index (χ3v) is 4.32. The summed E-state index contributed by atoms with van der Waals surface area (Å²) in [6.45, 7) is 0. The predicted molar refractivity (Wildman–Crippen MR) is 107 cm³/mol. The fourth-order valence-electron chi connectivity index (χ4n) is 2.65. The molecule has 4 nitrogen and oxygen atoms in total. The van der Waals surface area contributed by atoms with E-state index in [9.17, 15) is 9.59 Å². The molecular weight excluding hydrogens is 360 g/mol. The molecule has 0 aliphatic heterocycles. The average Bonchev–Trinajstić information content (AvgIpc) is 2.69. The van der Waals surface area contributed by atoms with Crippen molar-refractivity contribution in [2.45, 2.75) is 19.3 Å². The van der Waals surface area contributed by atoms with Crippen molar-refractivity contribution in [3.8, 4) is 0 Å². The number of carbonyl (C=O) groups excluding carboxylic acids is 2. The van der Waals surface area contributed by atoms with Gasteiger partial charge in [-0.15, -0.1) is 0 Å². The molecule has 0 bridgehead atoms. The molecule has 2 aromatic carbocycles. The number of aromatic nitrogens is 1. The third-order valence-electron chi connectivity index (χ3n) is 4.08. The molecular formula is C22H19ClN2O2. The minimum absolute atomic E-state index is 0.141. The molecule has 3 rings (SSSR count). The highest BCUT2D eigenvalue weighted by Gasteiger charge is 2.09. The van der Waals surface area contributed by atoms with Gasteiger partial charge in [0.25, 0.3) is 5.91 Å². The Morgan fingerprint density at radius 1 is 0.963 bits per heavy atom. The fourth-order valence-corrected chi connectivity index (χ4v) is 2.85. The molecule has 0 spiro atoms. The Morgan fingerprint density at radius 3 is 2.48 bits per heavy atom. The van der Waals surface area contributed by atoms with E-state index < -0.39 is 0 Å². The maximum Gasteiger partial charge on any atom is 0.255 e. The van der Waals surface area contributed by atoms with E-state index in [-0.39, 0.29) is 18.1 Å². The lowest BCUT2D eigenvalue weighted by Crippen LogP contribution is -2.12. The van der Waals surface area contributed by atoms with E-state index in [2.05, 4.69) is 10.3 Å². The van der Waals surface area contributed by atoms with Crippen LogP contribution in [0.2, 0.25) is 5.02 Å². The number of hydrogen-bond acceptors (Lipinski definition) is 3. The zero-order valence-electron chi connectivity index (χ0n) is 14.7. The van der Waals surface area contributed by atoms with Crippen LogP contribution in [-0.2, 0) is 17.6 Å². The van der Waals surface area contributed by atoms with Crippen molar-refractivity contribution < 1.29 is 9.59 Å². The summed E-state index contributed by atoms with van der Waals surface area (Å²) in [5, 5.41) is 3.27. The lowest BCUT2D eigenvalue weighted by molar-refractivity contribution is -0.118. The topological polar surface area (TPSA) is 59.1 Å². The number of benzene rings is 2. The molecule has 1 amide bonds. The molecule has 0 radical (unpaired) electrons. The number of anilines is 1. The maximum atomic E-state index is 12.2. The Morgan fingerprint density at radius 2 is 1.78 bits per heavy atom. The molecule has 0 saturated heterocycles. The van der Waals surface area contributed by atoms with Gasteiger partial charge in [-0.05, 0) is 42.3 Å². The summed E-state index contributed by atoms with van der Waals surface area (Å²) >= 11 is 5.90. The second kappa shape index (κ2) is 9.10. The molecule has 3 aromatic rings. The number of halogens is 1. The quantitative estimate of drug-likeness (QED) is 0.646. The van der Waals surface area contributed by atoms with E-state index in [0.29, 0.717) is 28.4 Å². The molecule has 5 heteroatoms. The zero-order valence-corrected chi connectivity index (χ0v) is 15.4. The number of pyridine rings is 1. The maximum absolute atomic E-state index is 12.2. The van der Waals surface area contributed by atoms with Crippen molar-refractivity contribution in [2.75, 3.05) is 5.32 Å². The monoisotopic (exact) mass is 378 g/mol. The van der Waals surface area contributed by atoms with Gasteiger partial charge in [-0.1, -0.05) is 48.0 Å². The van der Waals surface area contributed by atoms with Crippen LogP contribution >= 0.6 is 11.6 Å². The summed E-state index contributed by atoms with van der Waals surface area (Å²) in [4.78, 5) is 28.6. The van der Waals surface area contributed by atoms with Crippen LogP contribution in [0.25, 0.3) is 0 Å². The third kappa shape index (κ3) is 5.76. The van der Waals surface area contributed by atoms with Gasteiger partial charge in [-0.2, -0.15) is 0 Å². The SMILES string of the molecule is O=C(CCc1ccccc1)Cc1ccc(NC(=O)c2cccc(Cl)c2)cn1. The van der Waals surface area contributed by atoms with Gasteiger partial charge in [0.15, 0.2) is 0 Å². The first-order chi connectivity index (χ1) is 13.1. The highest BCUT2D eigenvalue weighted by atomic mass is 35.5. The second-order valence-electron chi connectivity index (χ2n) is 6.20. The van der Waals surface area contributed by atoms with E-state index in [1.54, 1.807) is 42.6 Å². The number of hydrogen-bond donors (Lipinski definition) is 1. The molecule has 0 atom stereocenters. The van der Waals surface area contributed by atoms with Gasteiger partial charge >= 0.3 is 0 Å². The molecule has 1 aromatic heterocycles. The van der Waals surface area contributed by atoms with Crippen molar-refractivity contribution in [2.24, 2.45) is 0 Å². The van der Waals surface area contributed by atoms with Crippen molar-refractivity contribution in [3.63, 3.8) is 0 Å². The smallest absolute Gasteiger partial charge is 0.255 e. The van der Waals surface area contributed by atoms with Crippen molar-refractivity contribution in [1.82, 2.24) is 4.98 Å². The largest absolute Gasteiger partial charge is 0.321 e. The number of nitrogens with zero attached hydrogens (tertiary/aromatic N) is 1. The first-order valence-electron chi connectivity index (χ1n) is 8.67. The summed E-state index contributed by atoms with van der Waals surface area (Å²) in [5.41, 5.74) is 2.88. The van der Waals surface area contributed by atoms with Crippen LogP contribution in [-0.4, -0.2) is 16.7 Å². The Labute approximate surface area is 163 Å². The molecule has 0 saturated carbocycles. The molecule has 0 unspecified atom stereocenters. The van der Waals surface area contributed by atoms with Crippen LogP contribution in [0.3, 0.4) is 0 Å². The van der Waals surface area contributed by atoms with Gasteiger partial charge in [0.05, 0.1) is 11.9 Å². The van der Waals surface area contributed by atoms with Gasteiger partial charge < -0.3 is 5.32 Å². The van der Waals surface area contributed by atoms with Gasteiger partial charge in [0.2, 0.25) is 0 Å². The lowest BCUT2D eigenvalue weighted by atomic mass is 10.0. The lowest BCUT2D eigenvalue weighted by Gasteiger charge is -2.06. The van der Waals surface area contributed by atoms with Gasteiger partial charge in [-0.25, -0.2) is 0 Å². The first kappa shape index (κ1) is 18.8. The van der Waals surface area contributed by atoms with Gasteiger partial charge in [0, 0.05) is 29.1 Å². The van der Waals surface area contributed by atoms with Crippen LogP contribution in [0, 0.1) is 0 Å². The van der Waals surface area contributed by atoms with E-state index in [1.807, 2.05) is 30.3 Å². The molecule has 0 aliphatic rings. The standard InChI is InChI=1S/C22H19ClN2O2/c23-18-8-4-7-17(13-18)22(27)25-20-11-10-19(24-15-20)14-21(26)12-9-16-5-2-1-3-6-16/h1-8,10-11,13,15H,9,12,14H2,(H,25,27). The van der Waals surface area contributed by atoms with Crippen LogP contribution in [0.1, 0.15) is 28.0 Å². The minimum Gasteiger partial charge on any atom is -0.321 e. The molecule has 0 aliphatic carbocycles. The number of Topliss-reactive ketones (excluding diaryl/α,β-unsaturated/α-hetero) is 1. The number of amides is 1. The predicted octanol–water partition coefficient (Wildman–Crippen LogP) is 4.73. The fraction of sp³-hybridized carbons (Fsp3) is 0.136. The van der Waals surface area contributed by atoms with E-state index in [0.717, 1.165) is 12.0 Å². The highest BCUT2D eigenvalue weighted by molar-refractivity contribution is 6.31. The van der Waals surface area contributed by atoms with Crippen molar-refractivity contribution in [3.05, 3.63) is 94.8 Å². The molecule has 136 valence electrons. The minimum atomic E-state index is -0.258. The Kier molecular flexibility index (Phi) is 6.34. The summed E-state index contributed by atoms with van der Waals surface area (Å²) in [5.74, 6) is -0.118. The molecule has 1 N–H and O–H groups in total. The van der Waals surface area contributed by atoms with Crippen molar-refractivity contribution >= 4 is 29.0 Å². The number of carbonyl (C=O) groups is 2. The van der Waals surface area contributed by atoms with E-state index in [4.69, 9.17) is 11.6 Å². The van der Waals surface area contributed by atoms with E-state index in [1.165, 1.54) is 0 Å². The van der Waals surface area contributed by atoms with Crippen LogP contribution in [0.5, 0.6) is 0 Å². The molecule has 27 heavy (non-hydrogen) atoms. The first-order valence-corrected chi connectivity index (χ1v) is 9.05. The zero-order chi connectivity index (χ0) is 19.1. The van der Waals surface area contributed by atoms with Crippen molar-refractivity contribution in [1.29, 1.82) is 0 Å². The number of nitrogens with one attached hydrogen (secondary N) is 1. The Balaban J connectivity index is 1.52. The second-order valence-corrected chi connectivity index (χ2v) is 6.64. The summed E-state index contributed by atoms with van der Waals surface area (Å²) in [6, 6.07) is 20.2. The van der Waals surface area contributed by atoms with Crippen LogP contribution < -0.4 is 5.32 Å². The molecule has 0 fully saturated rings. The number of ketones is 1. The summed E-state index contributed by atoms with van der Waals surface area (Å²) in [7, 11) is 0.